The minimum atomic E-state index is 0.680. The predicted octanol–water partition coefficient (Wildman–Crippen LogP) is 3.42. The molecule has 17 heavy (non-hydrogen) atoms. The molecule has 102 valence electrons. The molecule has 1 saturated heterocycles. The van der Waals surface area contributed by atoms with Crippen molar-refractivity contribution in [2.24, 2.45) is 0 Å². The summed E-state index contributed by atoms with van der Waals surface area (Å²) < 4.78 is 0. The van der Waals surface area contributed by atoms with Crippen molar-refractivity contribution >= 4 is 0 Å². The van der Waals surface area contributed by atoms with Gasteiger partial charge in [-0.2, -0.15) is 0 Å². The largest absolute Gasteiger partial charge is 0.313 e. The molecule has 2 nitrogen and oxygen atoms in total. The third kappa shape index (κ3) is 4.97. The SMILES string of the molecule is CCCCC(CC)N(CC1CCCN1)C(C)C. The number of hydrogen-bond donors (Lipinski definition) is 1. The maximum atomic E-state index is 3.64. The molecule has 0 aromatic carbocycles. The topological polar surface area (TPSA) is 15.3 Å². The molecule has 0 radical (unpaired) electrons. The first-order valence-electron chi connectivity index (χ1n) is 7.68. The maximum absolute atomic E-state index is 3.64. The molecule has 0 amide bonds. The van der Waals surface area contributed by atoms with Crippen LogP contribution in [0.2, 0.25) is 0 Å². The van der Waals surface area contributed by atoms with Gasteiger partial charge in [-0.05, 0) is 46.1 Å². The van der Waals surface area contributed by atoms with Gasteiger partial charge in [-0.15, -0.1) is 0 Å². The number of nitrogens with one attached hydrogen (secondary N) is 1. The first kappa shape index (κ1) is 15.0. The normalized spacial score (nSPS) is 22.6. The van der Waals surface area contributed by atoms with E-state index in [0.29, 0.717) is 6.04 Å². The van der Waals surface area contributed by atoms with Crippen LogP contribution in [0, 0.1) is 0 Å². The smallest absolute Gasteiger partial charge is 0.0195 e. The molecule has 1 aliphatic heterocycles. The van der Waals surface area contributed by atoms with Crippen LogP contribution in [-0.4, -0.2) is 36.1 Å². The van der Waals surface area contributed by atoms with Crippen molar-refractivity contribution in [3.63, 3.8) is 0 Å². The van der Waals surface area contributed by atoms with Crippen molar-refractivity contribution in [3.05, 3.63) is 0 Å². The molecule has 2 atom stereocenters. The Hall–Kier alpha value is -0.0800. The lowest BCUT2D eigenvalue weighted by molar-refractivity contribution is 0.126. The van der Waals surface area contributed by atoms with Gasteiger partial charge in [0.1, 0.15) is 0 Å². The molecule has 0 spiro atoms. The lowest BCUT2D eigenvalue weighted by Gasteiger charge is -2.36. The van der Waals surface area contributed by atoms with Gasteiger partial charge in [0.25, 0.3) is 0 Å². The summed E-state index contributed by atoms with van der Waals surface area (Å²) in [5, 5.41) is 3.64. The van der Waals surface area contributed by atoms with Crippen LogP contribution in [0.4, 0.5) is 0 Å². The predicted molar refractivity (Wildman–Crippen MR) is 76.5 cm³/mol. The molecule has 2 unspecified atom stereocenters. The van der Waals surface area contributed by atoms with Gasteiger partial charge in [0.15, 0.2) is 0 Å². The van der Waals surface area contributed by atoms with Crippen molar-refractivity contribution in [3.8, 4) is 0 Å². The van der Waals surface area contributed by atoms with Gasteiger partial charge in [0.05, 0.1) is 0 Å². The van der Waals surface area contributed by atoms with Crippen molar-refractivity contribution in [1.82, 2.24) is 10.2 Å². The van der Waals surface area contributed by atoms with Gasteiger partial charge >= 0.3 is 0 Å². The van der Waals surface area contributed by atoms with E-state index in [1.165, 1.54) is 51.6 Å². The van der Waals surface area contributed by atoms with E-state index in [4.69, 9.17) is 0 Å². The second kappa shape index (κ2) is 8.10. The molecular formula is C15H32N2. The monoisotopic (exact) mass is 240 g/mol. The second-order valence-electron chi connectivity index (χ2n) is 5.79. The molecule has 1 heterocycles. The fourth-order valence-electron chi connectivity index (χ4n) is 2.99. The van der Waals surface area contributed by atoms with Crippen molar-refractivity contribution < 1.29 is 0 Å². The summed E-state index contributed by atoms with van der Waals surface area (Å²) in [4.78, 5) is 2.73. The Bertz CT molecular complexity index is 185. The van der Waals surface area contributed by atoms with Gasteiger partial charge in [0.2, 0.25) is 0 Å². The Balaban J connectivity index is 2.48. The van der Waals surface area contributed by atoms with Crippen molar-refractivity contribution in [2.45, 2.75) is 84.3 Å². The molecule has 1 aliphatic rings. The summed E-state index contributed by atoms with van der Waals surface area (Å²) >= 11 is 0. The first-order chi connectivity index (χ1) is 8.19. The second-order valence-corrected chi connectivity index (χ2v) is 5.79. The Morgan fingerprint density at radius 3 is 2.53 bits per heavy atom. The van der Waals surface area contributed by atoms with Crippen LogP contribution < -0.4 is 5.32 Å². The van der Waals surface area contributed by atoms with E-state index >= 15 is 0 Å². The standard InChI is InChI=1S/C15H32N2/c1-5-7-10-15(6-2)17(13(3)4)12-14-9-8-11-16-14/h13-16H,5-12H2,1-4H3. The van der Waals surface area contributed by atoms with Crippen LogP contribution in [0.1, 0.15) is 66.2 Å². The molecule has 1 fully saturated rings. The fourth-order valence-corrected chi connectivity index (χ4v) is 2.99. The van der Waals surface area contributed by atoms with Crippen LogP contribution in [0.3, 0.4) is 0 Å². The van der Waals surface area contributed by atoms with Gasteiger partial charge in [-0.25, -0.2) is 0 Å². The van der Waals surface area contributed by atoms with Crippen LogP contribution in [-0.2, 0) is 0 Å². The minimum absolute atomic E-state index is 0.680. The third-order valence-electron chi connectivity index (χ3n) is 4.09. The lowest BCUT2D eigenvalue weighted by Crippen LogP contribution is -2.46. The van der Waals surface area contributed by atoms with E-state index < -0.39 is 0 Å². The van der Waals surface area contributed by atoms with E-state index in [2.05, 4.69) is 37.9 Å². The molecule has 0 saturated carbocycles. The highest BCUT2D eigenvalue weighted by atomic mass is 15.2. The molecule has 0 aliphatic carbocycles. The zero-order chi connectivity index (χ0) is 12.7. The Labute approximate surface area is 108 Å². The van der Waals surface area contributed by atoms with E-state index in [9.17, 15) is 0 Å². The van der Waals surface area contributed by atoms with Gasteiger partial charge in [-0.1, -0.05) is 26.7 Å². The molecule has 1 rings (SSSR count). The summed E-state index contributed by atoms with van der Waals surface area (Å²) in [7, 11) is 0. The van der Waals surface area contributed by atoms with Crippen molar-refractivity contribution in [1.29, 1.82) is 0 Å². The highest BCUT2D eigenvalue weighted by Crippen LogP contribution is 2.18. The van der Waals surface area contributed by atoms with Crippen LogP contribution >= 0.6 is 0 Å². The first-order valence-corrected chi connectivity index (χ1v) is 7.68. The highest BCUT2D eigenvalue weighted by Gasteiger charge is 2.24. The molecule has 0 aromatic heterocycles. The van der Waals surface area contributed by atoms with Gasteiger partial charge in [-0.3, -0.25) is 4.90 Å². The van der Waals surface area contributed by atoms with Crippen LogP contribution in [0.25, 0.3) is 0 Å². The molecule has 0 aromatic rings. The summed E-state index contributed by atoms with van der Waals surface area (Å²) in [6, 6.07) is 2.21. The molecule has 1 N–H and O–H groups in total. The highest BCUT2D eigenvalue weighted by molar-refractivity contribution is 4.82. The van der Waals surface area contributed by atoms with E-state index in [1.807, 2.05) is 0 Å². The summed E-state index contributed by atoms with van der Waals surface area (Å²) in [5.74, 6) is 0. The average molecular weight is 240 g/mol. The number of nitrogens with zero attached hydrogens (tertiary/aromatic N) is 1. The molecular weight excluding hydrogens is 208 g/mol. The van der Waals surface area contributed by atoms with Gasteiger partial charge in [0, 0.05) is 24.7 Å². The summed E-state index contributed by atoms with van der Waals surface area (Å²) in [5.41, 5.74) is 0. The zero-order valence-corrected chi connectivity index (χ0v) is 12.3. The van der Waals surface area contributed by atoms with Crippen molar-refractivity contribution in [2.75, 3.05) is 13.1 Å². The fraction of sp³-hybridized carbons (Fsp3) is 1.00. The maximum Gasteiger partial charge on any atom is 0.0195 e. The average Bonchev–Trinajstić information content (AvgIpc) is 2.81. The quantitative estimate of drug-likeness (QED) is 0.699. The Kier molecular flexibility index (Phi) is 7.14. The Morgan fingerprint density at radius 1 is 1.29 bits per heavy atom. The number of unbranched alkanes of at least 4 members (excludes halogenated alkanes) is 1. The molecule has 0 bridgehead atoms. The van der Waals surface area contributed by atoms with E-state index in [1.54, 1.807) is 0 Å². The van der Waals surface area contributed by atoms with Crippen LogP contribution in [0.15, 0.2) is 0 Å². The van der Waals surface area contributed by atoms with Crippen LogP contribution in [0.5, 0.6) is 0 Å². The summed E-state index contributed by atoms with van der Waals surface area (Å²) in [6.45, 7) is 11.8. The number of rotatable bonds is 8. The third-order valence-corrected chi connectivity index (χ3v) is 4.09. The Morgan fingerprint density at radius 2 is 2.06 bits per heavy atom. The minimum Gasteiger partial charge on any atom is -0.313 e. The lowest BCUT2D eigenvalue weighted by atomic mass is 10.0. The molecule has 2 heteroatoms. The van der Waals surface area contributed by atoms with E-state index in [0.717, 1.165) is 12.1 Å². The van der Waals surface area contributed by atoms with Gasteiger partial charge < -0.3 is 5.32 Å². The van der Waals surface area contributed by atoms with E-state index in [-0.39, 0.29) is 0 Å². The summed E-state index contributed by atoms with van der Waals surface area (Å²) in [6.07, 6.45) is 8.10. The number of hydrogen-bond acceptors (Lipinski definition) is 2. The zero-order valence-electron chi connectivity index (χ0n) is 12.3.